The van der Waals surface area contributed by atoms with E-state index in [2.05, 4.69) is 9.82 Å². The van der Waals surface area contributed by atoms with E-state index in [0.717, 1.165) is 11.1 Å². The third kappa shape index (κ3) is 3.21. The molecule has 0 aliphatic rings. The molecule has 0 saturated carbocycles. The van der Waals surface area contributed by atoms with E-state index in [1.807, 2.05) is 13.8 Å². The van der Waals surface area contributed by atoms with Gasteiger partial charge in [-0.15, -0.1) is 0 Å². The van der Waals surface area contributed by atoms with E-state index in [4.69, 9.17) is 4.74 Å². The molecular formula is C15H19N3O4S. The quantitative estimate of drug-likeness (QED) is 0.861. The van der Waals surface area contributed by atoms with Crippen molar-refractivity contribution in [3.8, 4) is 0 Å². The van der Waals surface area contributed by atoms with Crippen LogP contribution in [-0.2, 0) is 21.8 Å². The van der Waals surface area contributed by atoms with Crippen LogP contribution in [0.4, 0.5) is 5.69 Å². The van der Waals surface area contributed by atoms with E-state index in [9.17, 15) is 13.2 Å². The van der Waals surface area contributed by atoms with Gasteiger partial charge in [-0.1, -0.05) is 6.07 Å². The average Bonchev–Trinajstić information content (AvgIpc) is 2.74. The Kier molecular flexibility index (Phi) is 4.46. The fraction of sp³-hybridized carbons (Fsp3) is 0.333. The summed E-state index contributed by atoms with van der Waals surface area (Å²) in [6.45, 7) is 5.36. The highest BCUT2D eigenvalue weighted by molar-refractivity contribution is 7.92. The number of ether oxygens (including phenoxy) is 1. The molecule has 0 atom stereocenters. The summed E-state index contributed by atoms with van der Waals surface area (Å²) in [7, 11) is -1.06. The molecule has 1 N–H and O–H groups in total. The minimum atomic E-state index is -3.84. The molecule has 124 valence electrons. The molecule has 23 heavy (non-hydrogen) atoms. The molecular weight excluding hydrogens is 318 g/mol. The van der Waals surface area contributed by atoms with Crippen molar-refractivity contribution in [3.63, 3.8) is 0 Å². The Morgan fingerprint density at radius 1 is 1.22 bits per heavy atom. The van der Waals surface area contributed by atoms with Crippen LogP contribution in [0.5, 0.6) is 0 Å². The maximum atomic E-state index is 12.6. The van der Waals surface area contributed by atoms with Gasteiger partial charge in [0.15, 0.2) is 5.69 Å². The lowest BCUT2D eigenvalue weighted by Gasteiger charge is -2.10. The first-order valence-corrected chi connectivity index (χ1v) is 8.37. The van der Waals surface area contributed by atoms with E-state index < -0.39 is 16.0 Å². The second kappa shape index (κ2) is 6.04. The second-order valence-corrected chi connectivity index (χ2v) is 6.96. The van der Waals surface area contributed by atoms with Crippen molar-refractivity contribution >= 4 is 21.7 Å². The molecule has 0 aliphatic carbocycles. The third-order valence-electron chi connectivity index (χ3n) is 3.63. The first kappa shape index (κ1) is 17.0. The molecule has 1 aromatic carbocycles. The molecule has 7 nitrogen and oxygen atoms in total. The highest BCUT2D eigenvalue weighted by atomic mass is 32.2. The minimum absolute atomic E-state index is 0.0532. The zero-order chi connectivity index (χ0) is 17.4. The van der Waals surface area contributed by atoms with Crippen LogP contribution in [0.1, 0.15) is 27.3 Å². The number of rotatable bonds is 4. The van der Waals surface area contributed by atoms with Crippen LogP contribution in [0, 0.1) is 20.8 Å². The van der Waals surface area contributed by atoms with Crippen molar-refractivity contribution in [1.29, 1.82) is 0 Å². The second-order valence-electron chi connectivity index (χ2n) is 5.28. The van der Waals surface area contributed by atoms with Crippen LogP contribution in [-0.4, -0.2) is 31.3 Å². The number of carbonyl (C=O) groups is 1. The highest BCUT2D eigenvalue weighted by Crippen LogP contribution is 2.25. The molecule has 2 rings (SSSR count). The summed E-state index contributed by atoms with van der Waals surface area (Å²) < 4.78 is 33.6. The van der Waals surface area contributed by atoms with Gasteiger partial charge < -0.3 is 4.74 Å². The van der Waals surface area contributed by atoms with Crippen LogP contribution in [0.25, 0.3) is 0 Å². The number of nitrogens with zero attached hydrogens (tertiary/aromatic N) is 2. The number of sulfonamides is 1. The number of esters is 1. The Bertz CT molecular complexity index is 869. The zero-order valence-electron chi connectivity index (χ0n) is 13.7. The maximum absolute atomic E-state index is 12.6. The van der Waals surface area contributed by atoms with Gasteiger partial charge in [0.2, 0.25) is 0 Å². The number of hydrogen-bond donors (Lipinski definition) is 1. The lowest BCUT2D eigenvalue weighted by atomic mass is 10.1. The smallest absolute Gasteiger partial charge is 0.358 e. The Labute approximate surface area is 135 Å². The first-order valence-electron chi connectivity index (χ1n) is 6.89. The Hall–Kier alpha value is -2.35. The number of aromatic nitrogens is 2. The summed E-state index contributed by atoms with van der Waals surface area (Å²) in [5.74, 6) is -0.661. The van der Waals surface area contributed by atoms with Gasteiger partial charge in [0.25, 0.3) is 10.0 Å². The van der Waals surface area contributed by atoms with Crippen LogP contribution in [0.3, 0.4) is 0 Å². The molecule has 0 fully saturated rings. The van der Waals surface area contributed by atoms with Crippen LogP contribution in [0.15, 0.2) is 23.1 Å². The van der Waals surface area contributed by atoms with Gasteiger partial charge in [-0.25, -0.2) is 13.2 Å². The van der Waals surface area contributed by atoms with Crippen molar-refractivity contribution in [2.24, 2.45) is 7.05 Å². The SMILES string of the molecule is COC(=O)c1c(NS(=O)(=O)c2ccc(C)c(C)c2)c(C)nn1C. The van der Waals surface area contributed by atoms with Crippen molar-refractivity contribution in [1.82, 2.24) is 9.78 Å². The van der Waals surface area contributed by atoms with Gasteiger partial charge in [-0.3, -0.25) is 9.40 Å². The van der Waals surface area contributed by atoms with E-state index in [0.29, 0.717) is 5.69 Å². The van der Waals surface area contributed by atoms with Gasteiger partial charge in [0.05, 0.1) is 17.7 Å². The number of anilines is 1. The molecule has 0 saturated heterocycles. The van der Waals surface area contributed by atoms with E-state index in [-0.39, 0.29) is 16.3 Å². The van der Waals surface area contributed by atoms with Crippen LogP contribution < -0.4 is 4.72 Å². The molecule has 1 aromatic heterocycles. The molecule has 0 amide bonds. The molecule has 0 aliphatic heterocycles. The molecule has 0 unspecified atom stereocenters. The van der Waals surface area contributed by atoms with Crippen molar-refractivity contribution in [2.75, 3.05) is 11.8 Å². The number of aryl methyl sites for hydroxylation is 4. The lowest BCUT2D eigenvalue weighted by molar-refractivity contribution is 0.0589. The van der Waals surface area contributed by atoms with Crippen LogP contribution >= 0.6 is 0 Å². The fourth-order valence-corrected chi connectivity index (χ4v) is 3.40. The lowest BCUT2D eigenvalue weighted by Crippen LogP contribution is -2.17. The predicted molar refractivity (Wildman–Crippen MR) is 86.0 cm³/mol. The Balaban J connectivity index is 2.49. The van der Waals surface area contributed by atoms with Crippen molar-refractivity contribution in [2.45, 2.75) is 25.7 Å². The first-order chi connectivity index (χ1) is 10.7. The summed E-state index contributed by atoms with van der Waals surface area (Å²) in [6.07, 6.45) is 0. The molecule has 0 radical (unpaired) electrons. The Morgan fingerprint density at radius 3 is 2.43 bits per heavy atom. The summed E-state index contributed by atoms with van der Waals surface area (Å²) in [5, 5.41) is 4.08. The van der Waals surface area contributed by atoms with Gasteiger partial charge in [-0.2, -0.15) is 5.10 Å². The van der Waals surface area contributed by atoms with Gasteiger partial charge in [0.1, 0.15) is 5.69 Å². The van der Waals surface area contributed by atoms with Crippen LogP contribution in [0.2, 0.25) is 0 Å². The number of carbonyl (C=O) groups excluding carboxylic acids is 1. The fourth-order valence-electron chi connectivity index (χ4n) is 2.19. The molecule has 0 spiro atoms. The monoisotopic (exact) mass is 337 g/mol. The molecule has 8 heteroatoms. The summed E-state index contributed by atoms with van der Waals surface area (Å²) in [4.78, 5) is 12.0. The van der Waals surface area contributed by atoms with E-state index >= 15 is 0 Å². The highest BCUT2D eigenvalue weighted by Gasteiger charge is 2.25. The Morgan fingerprint density at radius 2 is 1.87 bits per heavy atom. The average molecular weight is 337 g/mol. The number of hydrogen-bond acceptors (Lipinski definition) is 5. The summed E-state index contributed by atoms with van der Waals surface area (Å²) >= 11 is 0. The molecule has 1 heterocycles. The standard InChI is InChI=1S/C15H19N3O4S/c1-9-6-7-12(8-10(9)2)23(20,21)17-13-11(3)16-18(4)14(13)15(19)22-5/h6-8,17H,1-5H3. The summed E-state index contributed by atoms with van der Waals surface area (Å²) in [5.41, 5.74) is 2.43. The topological polar surface area (TPSA) is 90.3 Å². The molecule has 2 aromatic rings. The number of benzene rings is 1. The van der Waals surface area contributed by atoms with Crippen molar-refractivity contribution in [3.05, 3.63) is 40.7 Å². The maximum Gasteiger partial charge on any atom is 0.358 e. The zero-order valence-corrected chi connectivity index (χ0v) is 14.5. The normalized spacial score (nSPS) is 11.3. The third-order valence-corrected chi connectivity index (χ3v) is 4.97. The van der Waals surface area contributed by atoms with E-state index in [1.54, 1.807) is 26.1 Å². The van der Waals surface area contributed by atoms with Gasteiger partial charge >= 0.3 is 5.97 Å². The van der Waals surface area contributed by atoms with Gasteiger partial charge in [-0.05, 0) is 44.0 Å². The predicted octanol–water partition coefficient (Wildman–Crippen LogP) is 1.93. The van der Waals surface area contributed by atoms with Crippen molar-refractivity contribution < 1.29 is 17.9 Å². The number of nitrogens with one attached hydrogen (secondary N) is 1. The number of methoxy groups -OCH3 is 1. The minimum Gasteiger partial charge on any atom is -0.464 e. The van der Waals surface area contributed by atoms with E-state index in [1.165, 1.54) is 17.9 Å². The summed E-state index contributed by atoms with van der Waals surface area (Å²) in [6, 6.07) is 4.84. The molecule has 0 bridgehead atoms. The van der Waals surface area contributed by atoms with Gasteiger partial charge in [0, 0.05) is 7.05 Å². The largest absolute Gasteiger partial charge is 0.464 e.